The number of amides is 1. The highest BCUT2D eigenvalue weighted by Gasteiger charge is 2.52. The Hall–Kier alpha value is -2.29. The van der Waals surface area contributed by atoms with Gasteiger partial charge >= 0.3 is 5.97 Å². The number of halogens is 3. The molecule has 0 aliphatic carbocycles. The first-order valence-corrected chi connectivity index (χ1v) is 8.79. The fraction of sp³-hybridized carbons (Fsp3) is 0.353. The van der Waals surface area contributed by atoms with Crippen LogP contribution in [0.25, 0.3) is 0 Å². The van der Waals surface area contributed by atoms with Gasteiger partial charge in [0.1, 0.15) is 11.6 Å². The molecule has 0 saturated heterocycles. The molecule has 1 aromatic rings. The van der Waals surface area contributed by atoms with Gasteiger partial charge in [-0.3, -0.25) is 19.7 Å². The summed E-state index contributed by atoms with van der Waals surface area (Å²) in [5.74, 6) is -5.39. The van der Waals surface area contributed by atoms with Gasteiger partial charge in [-0.1, -0.05) is 22.0 Å². The van der Waals surface area contributed by atoms with Crippen molar-refractivity contribution in [3.8, 4) is 0 Å². The van der Waals surface area contributed by atoms with E-state index in [9.17, 15) is 23.2 Å². The number of ether oxygens (including phenoxy) is 2. The van der Waals surface area contributed by atoms with Crippen molar-refractivity contribution in [3.05, 3.63) is 47.0 Å². The van der Waals surface area contributed by atoms with Crippen molar-refractivity contribution in [2.75, 3.05) is 5.33 Å². The monoisotopic (exact) mass is 431 g/mol. The number of carbonyl (C=O) groups is 3. The van der Waals surface area contributed by atoms with Gasteiger partial charge in [0.15, 0.2) is 0 Å². The maximum atomic E-state index is 14.2. The van der Waals surface area contributed by atoms with Crippen molar-refractivity contribution in [1.29, 1.82) is 0 Å². The molecule has 1 aliphatic heterocycles. The van der Waals surface area contributed by atoms with Crippen LogP contribution in [-0.4, -0.2) is 23.0 Å². The van der Waals surface area contributed by atoms with Gasteiger partial charge in [0.05, 0.1) is 5.56 Å². The molecule has 0 saturated carbocycles. The predicted octanol–water partition coefficient (Wildman–Crippen LogP) is 2.80. The van der Waals surface area contributed by atoms with Crippen LogP contribution in [0.4, 0.5) is 8.78 Å². The van der Waals surface area contributed by atoms with Crippen LogP contribution in [0, 0.1) is 11.6 Å². The van der Waals surface area contributed by atoms with Gasteiger partial charge in [0.2, 0.25) is 23.2 Å². The minimum absolute atomic E-state index is 0.102. The number of nitrogens with one attached hydrogen (secondary N) is 1. The molecular weight excluding hydrogens is 416 g/mol. The summed E-state index contributed by atoms with van der Waals surface area (Å²) in [6.07, 6.45) is 0.611. The number of ketones is 1. The highest BCUT2D eigenvalue weighted by Crippen LogP contribution is 2.40. The number of alkyl halides is 1. The summed E-state index contributed by atoms with van der Waals surface area (Å²) in [5.41, 5.74) is -2.77. The fourth-order valence-electron chi connectivity index (χ4n) is 2.47. The molecule has 1 heterocycles. The van der Waals surface area contributed by atoms with Crippen LogP contribution in [0.2, 0.25) is 0 Å². The van der Waals surface area contributed by atoms with Gasteiger partial charge in [-0.2, -0.15) is 0 Å². The third kappa shape index (κ3) is 3.92. The maximum absolute atomic E-state index is 14.2. The summed E-state index contributed by atoms with van der Waals surface area (Å²) in [5, 5.41) is 2.90. The highest BCUT2D eigenvalue weighted by atomic mass is 79.9. The third-order valence-electron chi connectivity index (χ3n) is 3.63. The summed E-state index contributed by atoms with van der Waals surface area (Å²) < 4.78 is 38.6. The molecule has 140 valence electrons. The number of carbonyl (C=O) groups excluding carboxylic acids is 3. The van der Waals surface area contributed by atoms with Crippen molar-refractivity contribution in [2.45, 2.75) is 32.3 Å². The Morgan fingerprint density at radius 3 is 2.46 bits per heavy atom. The van der Waals surface area contributed by atoms with Crippen LogP contribution < -0.4 is 5.32 Å². The van der Waals surface area contributed by atoms with Gasteiger partial charge < -0.3 is 9.47 Å². The zero-order valence-corrected chi connectivity index (χ0v) is 15.6. The van der Waals surface area contributed by atoms with E-state index in [1.165, 1.54) is 0 Å². The molecule has 1 N–H and O–H groups in total. The Bertz CT molecular complexity index is 775. The molecule has 1 atom stereocenters. The van der Waals surface area contributed by atoms with Crippen LogP contribution in [-0.2, 0) is 29.5 Å². The molecule has 1 amide bonds. The van der Waals surface area contributed by atoms with Gasteiger partial charge in [0.25, 0.3) is 5.78 Å². The van der Waals surface area contributed by atoms with Crippen molar-refractivity contribution >= 4 is 33.6 Å². The molecule has 0 radical (unpaired) electrons. The summed E-state index contributed by atoms with van der Waals surface area (Å²) in [6.45, 7) is 2.18. The van der Waals surface area contributed by atoms with Crippen LogP contribution in [0.15, 0.2) is 29.8 Å². The molecule has 0 spiro atoms. The SMILES string of the molecule is CC(=O)OC1=C(NC(=O)CCCBr)OC(C)(c2c(F)cccc2F)C1=O. The number of hydrogen-bond acceptors (Lipinski definition) is 5. The Labute approximate surface area is 156 Å². The molecule has 1 aromatic carbocycles. The first kappa shape index (κ1) is 20.0. The lowest BCUT2D eigenvalue weighted by Crippen LogP contribution is -2.34. The molecule has 1 aliphatic rings. The Morgan fingerprint density at radius 2 is 1.92 bits per heavy atom. The summed E-state index contributed by atoms with van der Waals surface area (Å²) in [4.78, 5) is 36.0. The van der Waals surface area contributed by atoms with E-state index < -0.39 is 52.1 Å². The van der Waals surface area contributed by atoms with Crippen molar-refractivity contribution in [1.82, 2.24) is 5.32 Å². The van der Waals surface area contributed by atoms with Crippen LogP contribution in [0.5, 0.6) is 0 Å². The zero-order chi connectivity index (χ0) is 19.5. The fourth-order valence-corrected chi connectivity index (χ4v) is 2.75. The molecule has 0 fully saturated rings. The van der Waals surface area contributed by atoms with Gasteiger partial charge in [-0.15, -0.1) is 0 Å². The zero-order valence-electron chi connectivity index (χ0n) is 14.0. The van der Waals surface area contributed by atoms with Crippen LogP contribution in [0.3, 0.4) is 0 Å². The van der Waals surface area contributed by atoms with E-state index in [0.717, 1.165) is 32.0 Å². The van der Waals surface area contributed by atoms with E-state index in [0.29, 0.717) is 11.8 Å². The van der Waals surface area contributed by atoms with E-state index in [1.807, 2.05) is 0 Å². The topological polar surface area (TPSA) is 81.7 Å². The highest BCUT2D eigenvalue weighted by molar-refractivity contribution is 9.09. The van der Waals surface area contributed by atoms with Gasteiger partial charge in [-0.25, -0.2) is 8.78 Å². The molecule has 0 bridgehead atoms. The second-order valence-corrected chi connectivity index (χ2v) is 6.45. The second-order valence-electron chi connectivity index (χ2n) is 5.65. The Kier molecular flexibility index (Phi) is 6.12. The maximum Gasteiger partial charge on any atom is 0.308 e. The van der Waals surface area contributed by atoms with Crippen LogP contribution >= 0.6 is 15.9 Å². The molecule has 26 heavy (non-hydrogen) atoms. The van der Waals surface area contributed by atoms with Crippen molar-refractivity contribution in [2.24, 2.45) is 0 Å². The number of benzene rings is 1. The molecular formula is C17H16BrF2NO5. The molecule has 1 unspecified atom stereocenters. The lowest BCUT2D eigenvalue weighted by molar-refractivity contribution is -0.142. The largest absolute Gasteiger partial charge is 0.456 e. The van der Waals surface area contributed by atoms with Crippen LogP contribution in [0.1, 0.15) is 32.3 Å². The van der Waals surface area contributed by atoms with Crippen molar-refractivity contribution in [3.63, 3.8) is 0 Å². The molecule has 2 rings (SSSR count). The molecule has 6 nitrogen and oxygen atoms in total. The molecule has 0 aromatic heterocycles. The van der Waals surface area contributed by atoms with E-state index in [2.05, 4.69) is 21.2 Å². The number of rotatable bonds is 6. The number of hydrogen-bond donors (Lipinski definition) is 1. The lowest BCUT2D eigenvalue weighted by Gasteiger charge is -2.24. The van der Waals surface area contributed by atoms with E-state index in [4.69, 9.17) is 9.47 Å². The smallest absolute Gasteiger partial charge is 0.308 e. The second kappa shape index (κ2) is 7.94. The average Bonchev–Trinajstić information content (AvgIpc) is 2.77. The minimum Gasteiger partial charge on any atom is -0.456 e. The quantitative estimate of drug-likeness (QED) is 0.553. The van der Waals surface area contributed by atoms with Crippen molar-refractivity contribution < 1.29 is 32.6 Å². The predicted molar refractivity (Wildman–Crippen MR) is 89.8 cm³/mol. The summed E-state index contributed by atoms with van der Waals surface area (Å²) in [7, 11) is 0. The summed E-state index contributed by atoms with van der Waals surface area (Å²) >= 11 is 3.18. The van der Waals surface area contributed by atoms with Gasteiger partial charge in [-0.05, 0) is 25.5 Å². The third-order valence-corrected chi connectivity index (χ3v) is 4.19. The van der Waals surface area contributed by atoms with E-state index >= 15 is 0 Å². The minimum atomic E-state index is -2.13. The average molecular weight is 432 g/mol. The number of Topliss-reactive ketones (excluding diaryl/α,β-unsaturated/α-hetero) is 1. The lowest BCUT2D eigenvalue weighted by atomic mass is 9.90. The van der Waals surface area contributed by atoms with Gasteiger partial charge in [0, 0.05) is 18.7 Å². The first-order chi connectivity index (χ1) is 12.2. The van der Waals surface area contributed by atoms with E-state index in [-0.39, 0.29) is 6.42 Å². The normalized spacial score (nSPS) is 19.3. The standard InChI is InChI=1S/C17H16BrF2NO5/c1-9(22)25-14-15(24)17(2,13-10(19)5-3-6-11(13)20)26-16(14)21-12(23)7-4-8-18/h3,5-6H,4,7-8H2,1-2H3,(H,21,23). The number of esters is 1. The summed E-state index contributed by atoms with van der Waals surface area (Å²) in [6, 6.07) is 3.08. The molecule has 9 heteroatoms. The van der Waals surface area contributed by atoms with E-state index in [1.54, 1.807) is 0 Å². The Morgan fingerprint density at radius 1 is 1.31 bits per heavy atom. The first-order valence-electron chi connectivity index (χ1n) is 7.67. The Balaban J connectivity index is 2.42.